The summed E-state index contributed by atoms with van der Waals surface area (Å²) in [6.07, 6.45) is 1.73. The maximum atomic E-state index is 12.0. The summed E-state index contributed by atoms with van der Waals surface area (Å²) in [7, 11) is 0. The first kappa shape index (κ1) is 22.5. The van der Waals surface area contributed by atoms with Gasteiger partial charge in [-0.1, -0.05) is 53.9 Å². The molecule has 0 fully saturated rings. The van der Waals surface area contributed by atoms with Crippen molar-refractivity contribution < 1.29 is 14.7 Å². The minimum Gasteiger partial charge on any atom is -0.480 e. The van der Waals surface area contributed by atoms with E-state index in [1.165, 1.54) is 12.5 Å². The summed E-state index contributed by atoms with van der Waals surface area (Å²) < 4.78 is 0. The first-order valence-corrected chi connectivity index (χ1v) is 10.0. The number of carboxylic acids is 1. The molecular weight excluding hydrogens is 421 g/mol. The average Bonchev–Trinajstić information content (AvgIpc) is 2.63. The topological polar surface area (TPSA) is 66.4 Å². The normalized spacial score (nSPS) is 13.0. The third-order valence-electron chi connectivity index (χ3n) is 4.60. The molecule has 0 radical (unpaired) electrons. The lowest BCUT2D eigenvalue weighted by molar-refractivity contribution is -0.141. The zero-order valence-corrected chi connectivity index (χ0v) is 17.9. The first-order chi connectivity index (χ1) is 13.2. The second kappa shape index (κ2) is 10.1. The predicted molar refractivity (Wildman–Crippen MR) is 114 cm³/mol. The van der Waals surface area contributed by atoms with Gasteiger partial charge in [-0.3, -0.25) is 9.59 Å². The summed E-state index contributed by atoms with van der Waals surface area (Å²) in [5.74, 6) is -1.32. The largest absolute Gasteiger partial charge is 0.480 e. The monoisotopic (exact) mass is 441 g/mol. The van der Waals surface area contributed by atoms with Crippen molar-refractivity contribution in [1.82, 2.24) is 5.32 Å². The maximum Gasteiger partial charge on any atom is 0.325 e. The van der Waals surface area contributed by atoms with Crippen molar-refractivity contribution in [2.24, 2.45) is 0 Å². The van der Waals surface area contributed by atoms with Crippen molar-refractivity contribution in [3.05, 3.63) is 68.2 Å². The molecular formula is C21H22Cl3NO3. The maximum absolute atomic E-state index is 12.0. The van der Waals surface area contributed by atoms with Crippen LogP contribution in [-0.2, 0) is 22.4 Å². The molecule has 2 aromatic rings. The fraction of sp³-hybridized carbons (Fsp3) is 0.333. The number of nitrogens with one attached hydrogen (secondary N) is 1. The van der Waals surface area contributed by atoms with Crippen LogP contribution in [-0.4, -0.2) is 23.0 Å². The number of hydrogen-bond donors (Lipinski definition) is 2. The van der Waals surface area contributed by atoms with Gasteiger partial charge in [0, 0.05) is 15.1 Å². The zero-order valence-electron chi connectivity index (χ0n) is 15.6. The molecule has 0 aliphatic carbocycles. The molecule has 0 aromatic heterocycles. The molecule has 2 aromatic carbocycles. The van der Waals surface area contributed by atoms with Gasteiger partial charge in [-0.2, -0.15) is 0 Å². The van der Waals surface area contributed by atoms with Crippen LogP contribution in [0.15, 0.2) is 36.4 Å². The number of carboxylic acid groups (broad SMARTS) is 1. The Morgan fingerprint density at radius 1 is 1.04 bits per heavy atom. The first-order valence-electron chi connectivity index (χ1n) is 8.91. The smallest absolute Gasteiger partial charge is 0.325 e. The number of halogens is 3. The van der Waals surface area contributed by atoms with Crippen LogP contribution >= 0.6 is 34.8 Å². The number of amides is 1. The lowest BCUT2D eigenvalue weighted by atomic mass is 9.93. The van der Waals surface area contributed by atoms with E-state index in [1.54, 1.807) is 0 Å². The van der Waals surface area contributed by atoms with Crippen molar-refractivity contribution in [2.75, 3.05) is 0 Å². The fourth-order valence-electron chi connectivity index (χ4n) is 2.79. The number of aliphatic carboxylic acids is 1. The van der Waals surface area contributed by atoms with Crippen LogP contribution in [0.3, 0.4) is 0 Å². The standard InChI is InChI=1S/C21H22Cl3NO3/c1-12(3-4-14-5-7-16(22)8-6-14)15-9-18(23)17(19(24)10-15)11-20(26)25-13(2)21(27)28/h5-10,12-13H,3-4,11H2,1-2H3,(H,25,26)(H,27,28). The molecule has 0 spiro atoms. The highest BCUT2D eigenvalue weighted by molar-refractivity contribution is 6.36. The van der Waals surface area contributed by atoms with Gasteiger partial charge in [0.1, 0.15) is 6.04 Å². The summed E-state index contributed by atoms with van der Waals surface area (Å²) in [5.41, 5.74) is 2.69. The van der Waals surface area contributed by atoms with Gasteiger partial charge < -0.3 is 10.4 Å². The van der Waals surface area contributed by atoms with E-state index in [4.69, 9.17) is 39.9 Å². The zero-order chi connectivity index (χ0) is 20.8. The van der Waals surface area contributed by atoms with E-state index in [9.17, 15) is 9.59 Å². The van der Waals surface area contributed by atoms with Gasteiger partial charge in [-0.25, -0.2) is 0 Å². The third kappa shape index (κ3) is 6.40. The van der Waals surface area contributed by atoms with E-state index >= 15 is 0 Å². The second-order valence-corrected chi connectivity index (χ2v) is 8.08. The van der Waals surface area contributed by atoms with Crippen LogP contribution in [0, 0.1) is 0 Å². The van der Waals surface area contributed by atoms with E-state index < -0.39 is 17.9 Å². The van der Waals surface area contributed by atoms with Crippen LogP contribution < -0.4 is 5.32 Å². The van der Waals surface area contributed by atoms with Gasteiger partial charge in [0.25, 0.3) is 0 Å². The van der Waals surface area contributed by atoms with Gasteiger partial charge in [0.15, 0.2) is 0 Å². The van der Waals surface area contributed by atoms with Crippen molar-refractivity contribution >= 4 is 46.7 Å². The van der Waals surface area contributed by atoms with E-state index in [2.05, 4.69) is 12.2 Å². The quantitative estimate of drug-likeness (QED) is 0.566. The number of benzene rings is 2. The van der Waals surface area contributed by atoms with Crippen LogP contribution in [0.25, 0.3) is 0 Å². The Bertz CT molecular complexity index is 829. The third-order valence-corrected chi connectivity index (χ3v) is 5.52. The van der Waals surface area contributed by atoms with Crippen molar-refractivity contribution in [1.29, 1.82) is 0 Å². The van der Waals surface area contributed by atoms with E-state index in [-0.39, 0.29) is 12.3 Å². The predicted octanol–water partition coefficient (Wildman–Crippen LogP) is 5.51. The van der Waals surface area contributed by atoms with E-state index in [0.717, 1.165) is 18.4 Å². The van der Waals surface area contributed by atoms with Crippen LogP contribution in [0.1, 0.15) is 42.9 Å². The highest BCUT2D eigenvalue weighted by Gasteiger charge is 2.18. The Morgan fingerprint density at radius 3 is 2.14 bits per heavy atom. The number of hydrogen-bond acceptors (Lipinski definition) is 2. The molecule has 7 heteroatoms. The van der Waals surface area contributed by atoms with Crippen molar-refractivity contribution in [2.45, 2.75) is 45.1 Å². The Hall–Kier alpha value is -1.75. The molecule has 0 heterocycles. The van der Waals surface area contributed by atoms with Gasteiger partial charge in [-0.15, -0.1) is 0 Å². The molecule has 150 valence electrons. The molecule has 2 N–H and O–H groups in total. The molecule has 0 bridgehead atoms. The number of carbonyl (C=O) groups excluding carboxylic acids is 1. The summed E-state index contributed by atoms with van der Waals surface area (Å²) in [6.45, 7) is 3.49. The summed E-state index contributed by atoms with van der Waals surface area (Å²) in [5, 5.41) is 12.8. The number of aryl methyl sites for hydroxylation is 1. The van der Waals surface area contributed by atoms with Crippen LogP contribution in [0.2, 0.25) is 15.1 Å². The molecule has 0 saturated heterocycles. The average molecular weight is 443 g/mol. The minimum absolute atomic E-state index is 0.0747. The van der Waals surface area contributed by atoms with Gasteiger partial charge in [-0.05, 0) is 66.6 Å². The van der Waals surface area contributed by atoms with E-state index in [0.29, 0.717) is 20.6 Å². The van der Waals surface area contributed by atoms with Crippen molar-refractivity contribution in [3.63, 3.8) is 0 Å². The minimum atomic E-state index is -1.10. The second-order valence-electron chi connectivity index (χ2n) is 6.83. The van der Waals surface area contributed by atoms with Crippen molar-refractivity contribution in [3.8, 4) is 0 Å². The van der Waals surface area contributed by atoms with E-state index in [1.807, 2.05) is 36.4 Å². The summed E-state index contributed by atoms with van der Waals surface area (Å²) >= 11 is 18.6. The Balaban J connectivity index is 2.04. The van der Waals surface area contributed by atoms with Gasteiger partial charge in [0.05, 0.1) is 6.42 Å². The Morgan fingerprint density at radius 2 is 1.61 bits per heavy atom. The van der Waals surface area contributed by atoms with Crippen LogP contribution in [0.5, 0.6) is 0 Å². The highest BCUT2D eigenvalue weighted by atomic mass is 35.5. The Labute approximate surface area is 179 Å². The fourth-order valence-corrected chi connectivity index (χ4v) is 3.56. The summed E-state index contributed by atoms with van der Waals surface area (Å²) in [6, 6.07) is 10.4. The molecule has 0 aliphatic rings. The highest BCUT2D eigenvalue weighted by Crippen LogP contribution is 2.32. The summed E-state index contributed by atoms with van der Waals surface area (Å²) in [4.78, 5) is 22.9. The molecule has 28 heavy (non-hydrogen) atoms. The molecule has 0 saturated carbocycles. The lowest BCUT2D eigenvalue weighted by Gasteiger charge is -2.16. The number of rotatable bonds is 8. The molecule has 2 rings (SSSR count). The van der Waals surface area contributed by atoms with Gasteiger partial charge in [0.2, 0.25) is 5.91 Å². The lowest BCUT2D eigenvalue weighted by Crippen LogP contribution is -2.39. The van der Waals surface area contributed by atoms with Gasteiger partial charge >= 0.3 is 5.97 Å². The van der Waals surface area contributed by atoms with Crippen LogP contribution in [0.4, 0.5) is 0 Å². The SMILES string of the molecule is CC(NC(=O)Cc1c(Cl)cc(C(C)CCc2ccc(Cl)cc2)cc1Cl)C(=O)O. The molecule has 4 nitrogen and oxygen atoms in total. The number of carbonyl (C=O) groups is 2. The molecule has 2 unspecified atom stereocenters. The Kier molecular flexibility index (Phi) is 8.17. The molecule has 1 amide bonds. The molecule has 2 atom stereocenters. The molecule has 0 aliphatic heterocycles.